The summed E-state index contributed by atoms with van der Waals surface area (Å²) in [6.45, 7) is 1.38. The molecule has 1 atom stereocenters. The van der Waals surface area contributed by atoms with Gasteiger partial charge in [-0.3, -0.25) is 0 Å². The highest BCUT2D eigenvalue weighted by Gasteiger charge is 2.41. The molecule has 0 saturated heterocycles. The molecule has 0 aliphatic heterocycles. The van der Waals surface area contributed by atoms with E-state index in [4.69, 9.17) is 28.9 Å². The van der Waals surface area contributed by atoms with Gasteiger partial charge >= 0.3 is 0 Å². The second kappa shape index (κ2) is 4.07. The Labute approximate surface area is 93.6 Å². The lowest BCUT2D eigenvalue weighted by atomic mass is 10.0. The molecule has 14 heavy (non-hydrogen) atoms. The largest absolute Gasteiger partial charge is 0.373 e. The number of aliphatic hydroxyl groups is 1. The van der Waals surface area contributed by atoms with E-state index in [2.05, 4.69) is 0 Å². The first kappa shape index (κ1) is 11.8. The molecule has 0 amide bonds. The topological polar surface area (TPSA) is 46.2 Å². The summed E-state index contributed by atoms with van der Waals surface area (Å²) in [5, 5.41) is 9.52. The molecule has 0 bridgehead atoms. The van der Waals surface area contributed by atoms with Crippen LogP contribution in [0, 0.1) is 0 Å². The predicted molar refractivity (Wildman–Crippen MR) is 59.4 cm³/mol. The Morgan fingerprint density at radius 2 is 1.79 bits per heavy atom. The number of rotatable bonds is 3. The Bertz CT molecular complexity index is 293. The van der Waals surface area contributed by atoms with Crippen LogP contribution in [0.25, 0.3) is 0 Å². The zero-order valence-electron chi connectivity index (χ0n) is 7.87. The van der Waals surface area contributed by atoms with Crippen LogP contribution in [0.1, 0.15) is 12.5 Å². The molecule has 1 unspecified atom stereocenters. The van der Waals surface area contributed by atoms with Crippen molar-refractivity contribution in [2.24, 2.45) is 5.73 Å². The number of alkyl halides is 2. The maximum absolute atomic E-state index is 9.52. The van der Waals surface area contributed by atoms with Gasteiger partial charge < -0.3 is 10.8 Å². The fourth-order valence-electron chi connectivity index (χ4n) is 1.03. The molecule has 0 spiro atoms. The van der Waals surface area contributed by atoms with Crippen LogP contribution in [0.3, 0.4) is 0 Å². The average Bonchev–Trinajstić information content (AvgIpc) is 2.03. The standard InChI is InChI=1S/C10H13Cl2NO/c1-9(13,14)10(11,12)7-8-5-3-2-4-6-8/h2-6,14H,7,13H2,1H3. The summed E-state index contributed by atoms with van der Waals surface area (Å²) in [6.07, 6.45) is 0.306. The molecule has 3 N–H and O–H groups in total. The highest BCUT2D eigenvalue weighted by atomic mass is 35.5. The third-order valence-corrected chi connectivity index (χ3v) is 3.04. The van der Waals surface area contributed by atoms with Gasteiger partial charge in [0.1, 0.15) is 5.72 Å². The van der Waals surface area contributed by atoms with Gasteiger partial charge in [0, 0.05) is 6.42 Å². The van der Waals surface area contributed by atoms with Crippen molar-refractivity contribution in [3.05, 3.63) is 35.9 Å². The molecule has 0 fully saturated rings. The fraction of sp³-hybridized carbons (Fsp3) is 0.400. The summed E-state index contributed by atoms with van der Waals surface area (Å²) >= 11 is 11.9. The average molecular weight is 234 g/mol. The number of hydrogen-bond acceptors (Lipinski definition) is 2. The second-order valence-corrected chi connectivity index (χ2v) is 5.00. The van der Waals surface area contributed by atoms with Gasteiger partial charge in [-0.25, -0.2) is 0 Å². The Morgan fingerprint density at radius 3 is 2.21 bits per heavy atom. The molecule has 1 aromatic rings. The minimum atomic E-state index is -1.62. The fourth-order valence-corrected chi connectivity index (χ4v) is 1.34. The van der Waals surface area contributed by atoms with Crippen molar-refractivity contribution in [2.45, 2.75) is 23.4 Å². The first-order valence-corrected chi connectivity index (χ1v) is 5.01. The summed E-state index contributed by atoms with van der Waals surface area (Å²) in [5.41, 5.74) is 4.77. The van der Waals surface area contributed by atoms with E-state index in [1.54, 1.807) is 0 Å². The SMILES string of the molecule is CC(N)(O)C(Cl)(Cl)Cc1ccccc1. The van der Waals surface area contributed by atoms with E-state index >= 15 is 0 Å². The van der Waals surface area contributed by atoms with Crippen molar-refractivity contribution in [3.63, 3.8) is 0 Å². The van der Waals surface area contributed by atoms with Crippen molar-refractivity contribution in [1.29, 1.82) is 0 Å². The monoisotopic (exact) mass is 233 g/mol. The van der Waals surface area contributed by atoms with Crippen LogP contribution in [0.2, 0.25) is 0 Å². The van der Waals surface area contributed by atoms with E-state index in [1.165, 1.54) is 6.92 Å². The minimum absolute atomic E-state index is 0.306. The Hall–Kier alpha value is -0.280. The number of benzene rings is 1. The third-order valence-electron chi connectivity index (χ3n) is 2.01. The zero-order valence-corrected chi connectivity index (χ0v) is 9.39. The van der Waals surface area contributed by atoms with Crippen molar-refractivity contribution < 1.29 is 5.11 Å². The minimum Gasteiger partial charge on any atom is -0.373 e. The lowest BCUT2D eigenvalue weighted by Gasteiger charge is -2.32. The van der Waals surface area contributed by atoms with E-state index < -0.39 is 10.1 Å². The molecule has 4 heteroatoms. The van der Waals surface area contributed by atoms with E-state index in [9.17, 15) is 5.11 Å². The summed E-state index contributed by atoms with van der Waals surface area (Å²) in [5.74, 6) is 0. The van der Waals surface area contributed by atoms with Gasteiger partial charge in [0.05, 0.1) is 0 Å². The van der Waals surface area contributed by atoms with Gasteiger partial charge in [0.2, 0.25) is 0 Å². The van der Waals surface area contributed by atoms with Crippen molar-refractivity contribution in [3.8, 4) is 0 Å². The van der Waals surface area contributed by atoms with Crippen LogP contribution >= 0.6 is 23.2 Å². The number of hydrogen-bond donors (Lipinski definition) is 2. The van der Waals surface area contributed by atoms with Crippen LogP contribution in [-0.4, -0.2) is 15.2 Å². The van der Waals surface area contributed by atoms with Crippen molar-refractivity contribution >= 4 is 23.2 Å². The molecule has 0 aromatic heterocycles. The van der Waals surface area contributed by atoms with E-state index in [0.29, 0.717) is 6.42 Å². The van der Waals surface area contributed by atoms with Crippen molar-refractivity contribution in [1.82, 2.24) is 0 Å². The summed E-state index contributed by atoms with van der Waals surface area (Å²) in [6, 6.07) is 9.42. The lowest BCUT2D eigenvalue weighted by molar-refractivity contribution is 0.0488. The van der Waals surface area contributed by atoms with Crippen LogP contribution in [0.5, 0.6) is 0 Å². The smallest absolute Gasteiger partial charge is 0.163 e. The van der Waals surface area contributed by atoms with Gasteiger partial charge in [-0.1, -0.05) is 53.5 Å². The molecule has 2 nitrogen and oxygen atoms in total. The second-order valence-electron chi connectivity index (χ2n) is 3.51. The molecule has 78 valence electrons. The maximum atomic E-state index is 9.52. The molecule has 0 aliphatic rings. The van der Waals surface area contributed by atoms with Crippen molar-refractivity contribution in [2.75, 3.05) is 0 Å². The first-order valence-electron chi connectivity index (χ1n) is 4.26. The van der Waals surface area contributed by atoms with Gasteiger partial charge in [0.25, 0.3) is 0 Å². The Balaban J connectivity index is 2.79. The maximum Gasteiger partial charge on any atom is 0.163 e. The highest BCUT2D eigenvalue weighted by Crippen LogP contribution is 2.33. The van der Waals surface area contributed by atoms with E-state index in [1.807, 2.05) is 30.3 Å². The molecule has 0 aliphatic carbocycles. The molecule has 1 rings (SSSR count). The Kier molecular flexibility index (Phi) is 3.43. The predicted octanol–water partition coefficient (Wildman–Crippen LogP) is 2.07. The molecular weight excluding hydrogens is 221 g/mol. The van der Waals surface area contributed by atoms with E-state index in [-0.39, 0.29) is 0 Å². The van der Waals surface area contributed by atoms with Gasteiger partial charge in [-0.15, -0.1) is 0 Å². The molecule has 1 aromatic carbocycles. The van der Waals surface area contributed by atoms with Gasteiger partial charge in [-0.05, 0) is 12.5 Å². The first-order chi connectivity index (χ1) is 6.33. The third kappa shape index (κ3) is 2.85. The number of nitrogens with two attached hydrogens (primary N) is 1. The van der Waals surface area contributed by atoms with Gasteiger partial charge in [0.15, 0.2) is 4.33 Å². The highest BCUT2D eigenvalue weighted by molar-refractivity contribution is 6.49. The summed E-state index contributed by atoms with van der Waals surface area (Å²) in [7, 11) is 0. The van der Waals surface area contributed by atoms with Crippen LogP contribution in [-0.2, 0) is 6.42 Å². The molecule has 0 heterocycles. The van der Waals surface area contributed by atoms with Crippen LogP contribution in [0.15, 0.2) is 30.3 Å². The van der Waals surface area contributed by atoms with Gasteiger partial charge in [-0.2, -0.15) is 0 Å². The molecule has 0 radical (unpaired) electrons. The normalized spacial score (nSPS) is 16.4. The quantitative estimate of drug-likeness (QED) is 0.621. The van der Waals surface area contributed by atoms with E-state index in [0.717, 1.165) is 5.56 Å². The zero-order chi connectivity index (χ0) is 10.8. The summed E-state index contributed by atoms with van der Waals surface area (Å²) in [4.78, 5) is 0. The Morgan fingerprint density at radius 1 is 1.29 bits per heavy atom. The van der Waals surface area contributed by atoms with Crippen LogP contribution < -0.4 is 5.73 Å². The molecular formula is C10H13Cl2NO. The lowest BCUT2D eigenvalue weighted by Crippen LogP contribution is -2.52. The molecule has 0 saturated carbocycles. The summed E-state index contributed by atoms with van der Waals surface area (Å²) < 4.78 is -1.38. The van der Waals surface area contributed by atoms with Crippen LogP contribution in [0.4, 0.5) is 0 Å². The number of halogens is 2.